The molecule has 1 unspecified atom stereocenters. The number of hydrogen-bond acceptors (Lipinski definition) is 2. The van der Waals surface area contributed by atoms with Gasteiger partial charge < -0.3 is 5.73 Å². The Kier molecular flexibility index (Phi) is 2.21. The maximum absolute atomic E-state index is 11.3. The zero-order valence-corrected chi connectivity index (χ0v) is 9.31. The zero-order valence-electron chi connectivity index (χ0n) is 9.31. The second-order valence-electron chi connectivity index (χ2n) is 4.34. The molecule has 4 nitrogen and oxygen atoms in total. The van der Waals surface area contributed by atoms with Gasteiger partial charge in [0, 0.05) is 17.7 Å². The van der Waals surface area contributed by atoms with Gasteiger partial charge in [0.1, 0.15) is 0 Å². The van der Waals surface area contributed by atoms with E-state index in [1.165, 1.54) is 11.1 Å². The fourth-order valence-electron chi connectivity index (χ4n) is 2.64. The summed E-state index contributed by atoms with van der Waals surface area (Å²) in [5, 5.41) is 6.67. The highest BCUT2D eigenvalue weighted by Crippen LogP contribution is 2.38. The molecule has 2 aromatic rings. The Morgan fingerprint density at radius 3 is 3.00 bits per heavy atom. The zero-order chi connectivity index (χ0) is 11.8. The number of primary amides is 1. The monoisotopic (exact) mass is 227 g/mol. The van der Waals surface area contributed by atoms with Crippen molar-refractivity contribution in [1.82, 2.24) is 10.2 Å². The Balaban J connectivity index is 2.07. The molecule has 86 valence electrons. The van der Waals surface area contributed by atoms with Crippen LogP contribution in [0.2, 0.25) is 0 Å². The third kappa shape index (κ3) is 1.53. The molecule has 3 rings (SSSR count). The lowest BCUT2D eigenvalue weighted by molar-refractivity contribution is 0.0994. The summed E-state index contributed by atoms with van der Waals surface area (Å²) >= 11 is 0. The first-order chi connectivity index (χ1) is 8.27. The summed E-state index contributed by atoms with van der Waals surface area (Å²) in [4.78, 5) is 11.3. The fourth-order valence-corrected chi connectivity index (χ4v) is 2.64. The fraction of sp³-hybridized carbons (Fsp3) is 0.231. The van der Waals surface area contributed by atoms with Gasteiger partial charge in [-0.15, -0.1) is 0 Å². The number of aryl methyl sites for hydroxylation is 1. The van der Waals surface area contributed by atoms with E-state index in [2.05, 4.69) is 22.3 Å². The average molecular weight is 227 g/mol. The van der Waals surface area contributed by atoms with E-state index in [1.807, 2.05) is 12.1 Å². The molecule has 1 atom stereocenters. The number of nitrogens with one attached hydrogen (secondary N) is 1. The third-order valence-corrected chi connectivity index (χ3v) is 3.41. The third-order valence-electron chi connectivity index (χ3n) is 3.41. The molecule has 1 aliphatic rings. The van der Waals surface area contributed by atoms with Crippen molar-refractivity contribution in [3.8, 4) is 0 Å². The minimum absolute atomic E-state index is 0.243. The SMILES string of the molecule is NC(=O)c1n[nH]cc1C1CCc2ccccc21. The normalized spacial score (nSPS) is 18.0. The summed E-state index contributed by atoms with van der Waals surface area (Å²) < 4.78 is 0. The Labute approximate surface area is 98.8 Å². The molecule has 1 heterocycles. The van der Waals surface area contributed by atoms with Gasteiger partial charge in [-0.2, -0.15) is 5.10 Å². The van der Waals surface area contributed by atoms with Crippen LogP contribution in [0, 0.1) is 0 Å². The maximum atomic E-state index is 11.3. The number of rotatable bonds is 2. The first-order valence-electron chi connectivity index (χ1n) is 5.68. The van der Waals surface area contributed by atoms with E-state index < -0.39 is 5.91 Å². The smallest absolute Gasteiger partial charge is 0.269 e. The van der Waals surface area contributed by atoms with Crippen LogP contribution in [0.1, 0.15) is 39.5 Å². The molecule has 1 amide bonds. The van der Waals surface area contributed by atoms with Gasteiger partial charge in [-0.05, 0) is 24.0 Å². The van der Waals surface area contributed by atoms with Crippen molar-refractivity contribution in [3.63, 3.8) is 0 Å². The largest absolute Gasteiger partial charge is 0.364 e. The van der Waals surface area contributed by atoms with Crippen LogP contribution >= 0.6 is 0 Å². The Morgan fingerprint density at radius 2 is 2.18 bits per heavy atom. The van der Waals surface area contributed by atoms with Crippen LogP contribution in [0.15, 0.2) is 30.5 Å². The predicted octanol–water partition coefficient (Wildman–Crippen LogP) is 1.59. The number of nitrogens with two attached hydrogens (primary N) is 1. The molecule has 1 aliphatic carbocycles. The van der Waals surface area contributed by atoms with Crippen LogP contribution in [0.5, 0.6) is 0 Å². The molecule has 4 heteroatoms. The summed E-state index contributed by atoms with van der Waals surface area (Å²) in [7, 11) is 0. The number of aromatic amines is 1. The number of hydrogen-bond donors (Lipinski definition) is 2. The number of H-pyrrole nitrogens is 1. The lowest BCUT2D eigenvalue weighted by atomic mass is 9.93. The summed E-state index contributed by atoms with van der Waals surface area (Å²) in [6, 6.07) is 8.33. The lowest BCUT2D eigenvalue weighted by Gasteiger charge is -2.10. The van der Waals surface area contributed by atoms with Gasteiger partial charge in [0.25, 0.3) is 5.91 Å². The molecule has 0 saturated carbocycles. The maximum Gasteiger partial charge on any atom is 0.269 e. The number of amides is 1. The second kappa shape index (κ2) is 3.73. The number of carbonyl (C=O) groups is 1. The number of aromatic nitrogens is 2. The van der Waals surface area contributed by atoms with Crippen LogP contribution in [0.25, 0.3) is 0 Å². The van der Waals surface area contributed by atoms with Crippen LogP contribution < -0.4 is 5.73 Å². The summed E-state index contributed by atoms with van der Waals surface area (Å²) in [6.07, 6.45) is 3.84. The van der Waals surface area contributed by atoms with Crippen molar-refractivity contribution < 1.29 is 4.79 Å². The molecule has 0 fully saturated rings. The predicted molar refractivity (Wildman–Crippen MR) is 63.7 cm³/mol. The number of carbonyl (C=O) groups excluding carboxylic acids is 1. The van der Waals surface area contributed by atoms with Gasteiger partial charge >= 0.3 is 0 Å². The molecule has 17 heavy (non-hydrogen) atoms. The van der Waals surface area contributed by atoms with E-state index in [0.717, 1.165) is 18.4 Å². The van der Waals surface area contributed by atoms with Crippen LogP contribution in [-0.2, 0) is 6.42 Å². The molecule has 0 saturated heterocycles. The van der Waals surface area contributed by atoms with Gasteiger partial charge in [-0.1, -0.05) is 24.3 Å². The van der Waals surface area contributed by atoms with Crippen LogP contribution in [0.3, 0.4) is 0 Å². The highest BCUT2D eigenvalue weighted by Gasteiger charge is 2.27. The van der Waals surface area contributed by atoms with Crippen LogP contribution in [-0.4, -0.2) is 16.1 Å². The summed E-state index contributed by atoms with van der Waals surface area (Å²) in [5.74, 6) is -0.224. The minimum Gasteiger partial charge on any atom is -0.364 e. The first-order valence-corrected chi connectivity index (χ1v) is 5.68. The quantitative estimate of drug-likeness (QED) is 0.817. The van der Waals surface area contributed by atoms with Crippen molar-refractivity contribution in [1.29, 1.82) is 0 Å². The highest BCUT2D eigenvalue weighted by atomic mass is 16.1. The second-order valence-corrected chi connectivity index (χ2v) is 4.34. The van der Waals surface area contributed by atoms with E-state index >= 15 is 0 Å². The number of fused-ring (bicyclic) bond motifs is 1. The number of nitrogens with zero attached hydrogens (tertiary/aromatic N) is 1. The van der Waals surface area contributed by atoms with E-state index in [0.29, 0.717) is 5.69 Å². The molecule has 1 aromatic carbocycles. The van der Waals surface area contributed by atoms with Gasteiger partial charge in [-0.25, -0.2) is 0 Å². The van der Waals surface area contributed by atoms with Crippen molar-refractivity contribution in [3.05, 3.63) is 52.8 Å². The summed E-state index contributed by atoms with van der Waals surface area (Å²) in [5.41, 5.74) is 9.26. The van der Waals surface area contributed by atoms with Gasteiger partial charge in [0.2, 0.25) is 0 Å². The van der Waals surface area contributed by atoms with Gasteiger partial charge in [-0.3, -0.25) is 9.89 Å². The molecule has 3 N–H and O–H groups in total. The van der Waals surface area contributed by atoms with E-state index in [9.17, 15) is 4.79 Å². The molecule has 0 radical (unpaired) electrons. The highest BCUT2D eigenvalue weighted by molar-refractivity contribution is 5.92. The molecule has 1 aromatic heterocycles. The van der Waals surface area contributed by atoms with E-state index in [1.54, 1.807) is 6.20 Å². The average Bonchev–Trinajstić information content (AvgIpc) is 2.94. The Morgan fingerprint density at radius 1 is 1.35 bits per heavy atom. The van der Waals surface area contributed by atoms with Crippen LogP contribution in [0.4, 0.5) is 0 Å². The van der Waals surface area contributed by atoms with Crippen molar-refractivity contribution in [2.24, 2.45) is 5.73 Å². The van der Waals surface area contributed by atoms with Gasteiger partial charge in [0.05, 0.1) is 0 Å². The topological polar surface area (TPSA) is 71.8 Å². The summed E-state index contributed by atoms with van der Waals surface area (Å²) in [6.45, 7) is 0. The van der Waals surface area contributed by atoms with Crippen molar-refractivity contribution in [2.75, 3.05) is 0 Å². The minimum atomic E-state index is -0.467. The molecule has 0 bridgehead atoms. The molecular formula is C13H13N3O. The first kappa shape index (κ1) is 10.1. The lowest BCUT2D eigenvalue weighted by Crippen LogP contribution is -2.15. The molecule has 0 spiro atoms. The number of benzene rings is 1. The molecular weight excluding hydrogens is 214 g/mol. The van der Waals surface area contributed by atoms with Gasteiger partial charge in [0.15, 0.2) is 5.69 Å². The Hall–Kier alpha value is -2.10. The van der Waals surface area contributed by atoms with Crippen molar-refractivity contribution in [2.45, 2.75) is 18.8 Å². The van der Waals surface area contributed by atoms with E-state index in [4.69, 9.17) is 5.73 Å². The Bertz CT molecular complexity index is 574. The standard InChI is InChI=1S/C13H13N3O/c14-13(17)12-11(7-15-16-12)10-6-5-8-3-1-2-4-9(8)10/h1-4,7,10H,5-6H2,(H2,14,17)(H,15,16). The van der Waals surface area contributed by atoms with E-state index in [-0.39, 0.29) is 5.92 Å². The van der Waals surface area contributed by atoms with Crippen molar-refractivity contribution >= 4 is 5.91 Å². The molecule has 0 aliphatic heterocycles.